The molecule has 1 heterocycles. The first-order valence-electron chi connectivity index (χ1n) is 6.18. The molecule has 1 amide bonds. The summed E-state index contributed by atoms with van der Waals surface area (Å²) in [6.07, 6.45) is 1.04. The van der Waals surface area contributed by atoms with Crippen molar-refractivity contribution in [1.29, 1.82) is 0 Å². The standard InChI is InChI=1S/C14H17BrClNO/c1-9-5-11(7-12(16)6-9)14(18)17-4-3-10(2)13(15)8-17/h5-7,10,13H,3-4,8H2,1-2H3. The lowest BCUT2D eigenvalue weighted by Gasteiger charge is -2.34. The molecule has 1 saturated heterocycles. The van der Waals surface area contributed by atoms with Crippen LogP contribution in [-0.2, 0) is 0 Å². The van der Waals surface area contributed by atoms with Crippen molar-refractivity contribution in [2.45, 2.75) is 25.1 Å². The number of halogens is 2. The number of carbonyl (C=O) groups is 1. The average molecular weight is 331 g/mol. The van der Waals surface area contributed by atoms with Gasteiger partial charge >= 0.3 is 0 Å². The molecule has 2 nitrogen and oxygen atoms in total. The van der Waals surface area contributed by atoms with Crippen LogP contribution in [-0.4, -0.2) is 28.7 Å². The predicted molar refractivity (Wildman–Crippen MR) is 78.6 cm³/mol. The lowest BCUT2D eigenvalue weighted by atomic mass is 9.98. The molecule has 4 heteroatoms. The number of likely N-dealkylation sites (tertiary alicyclic amines) is 1. The van der Waals surface area contributed by atoms with E-state index in [0.717, 1.165) is 25.1 Å². The molecule has 1 fully saturated rings. The Labute approximate surface area is 121 Å². The molecule has 0 aliphatic carbocycles. The zero-order valence-corrected chi connectivity index (χ0v) is 13.0. The second-order valence-corrected chi connectivity index (χ2v) is 6.66. The van der Waals surface area contributed by atoms with Crippen LogP contribution in [0.1, 0.15) is 29.3 Å². The van der Waals surface area contributed by atoms with Gasteiger partial charge in [0.1, 0.15) is 0 Å². The largest absolute Gasteiger partial charge is 0.338 e. The molecule has 2 unspecified atom stereocenters. The van der Waals surface area contributed by atoms with Crippen molar-refractivity contribution in [2.75, 3.05) is 13.1 Å². The van der Waals surface area contributed by atoms with Crippen LogP contribution in [0.3, 0.4) is 0 Å². The summed E-state index contributed by atoms with van der Waals surface area (Å²) in [5.41, 5.74) is 1.71. The van der Waals surface area contributed by atoms with E-state index in [0.29, 0.717) is 21.3 Å². The summed E-state index contributed by atoms with van der Waals surface area (Å²) < 4.78 is 0. The maximum atomic E-state index is 12.4. The molecule has 2 atom stereocenters. The number of amides is 1. The van der Waals surface area contributed by atoms with E-state index in [1.165, 1.54) is 0 Å². The van der Waals surface area contributed by atoms with Crippen LogP contribution in [0.2, 0.25) is 5.02 Å². The number of piperidine rings is 1. The van der Waals surface area contributed by atoms with Gasteiger partial charge in [-0.25, -0.2) is 0 Å². The van der Waals surface area contributed by atoms with Crippen LogP contribution in [0.15, 0.2) is 18.2 Å². The first-order valence-corrected chi connectivity index (χ1v) is 7.47. The number of aryl methyl sites for hydroxylation is 1. The highest BCUT2D eigenvalue weighted by Gasteiger charge is 2.27. The third kappa shape index (κ3) is 3.07. The Morgan fingerprint density at radius 2 is 2.17 bits per heavy atom. The molecule has 0 aromatic heterocycles. The third-order valence-corrected chi connectivity index (χ3v) is 4.85. The highest BCUT2D eigenvalue weighted by molar-refractivity contribution is 9.09. The minimum atomic E-state index is 0.0805. The number of hydrogen-bond donors (Lipinski definition) is 0. The van der Waals surface area contributed by atoms with E-state index in [4.69, 9.17) is 11.6 Å². The normalized spacial score (nSPS) is 24.1. The van der Waals surface area contributed by atoms with Crippen LogP contribution in [0.25, 0.3) is 0 Å². The zero-order chi connectivity index (χ0) is 13.3. The van der Waals surface area contributed by atoms with Crippen LogP contribution in [0.4, 0.5) is 0 Å². The fourth-order valence-corrected chi connectivity index (χ4v) is 3.15. The molecular formula is C14H17BrClNO. The Morgan fingerprint density at radius 1 is 1.44 bits per heavy atom. The number of carbonyl (C=O) groups excluding carboxylic acids is 1. The second kappa shape index (κ2) is 5.62. The molecule has 2 rings (SSSR count). The maximum absolute atomic E-state index is 12.4. The molecule has 0 bridgehead atoms. The van der Waals surface area contributed by atoms with E-state index in [1.807, 2.05) is 24.0 Å². The first-order chi connectivity index (χ1) is 8.47. The van der Waals surface area contributed by atoms with Crippen LogP contribution in [0, 0.1) is 12.8 Å². The van der Waals surface area contributed by atoms with Crippen molar-refractivity contribution in [2.24, 2.45) is 5.92 Å². The SMILES string of the molecule is Cc1cc(Cl)cc(C(=O)N2CCC(C)C(Br)C2)c1. The minimum absolute atomic E-state index is 0.0805. The van der Waals surface area contributed by atoms with Gasteiger partial charge in [-0.1, -0.05) is 34.5 Å². The van der Waals surface area contributed by atoms with E-state index in [2.05, 4.69) is 22.9 Å². The highest BCUT2D eigenvalue weighted by atomic mass is 79.9. The van der Waals surface area contributed by atoms with Gasteiger partial charge in [-0.3, -0.25) is 4.79 Å². The molecule has 0 radical (unpaired) electrons. The average Bonchev–Trinajstić information content (AvgIpc) is 2.30. The van der Waals surface area contributed by atoms with Crippen molar-refractivity contribution >= 4 is 33.4 Å². The monoisotopic (exact) mass is 329 g/mol. The van der Waals surface area contributed by atoms with E-state index in [9.17, 15) is 4.79 Å². The molecule has 0 saturated carbocycles. The van der Waals surface area contributed by atoms with Gasteiger partial charge in [0.15, 0.2) is 0 Å². The number of alkyl halides is 1. The predicted octanol–water partition coefficient (Wildman–Crippen LogP) is 3.89. The van der Waals surface area contributed by atoms with Crippen molar-refractivity contribution in [3.8, 4) is 0 Å². The van der Waals surface area contributed by atoms with Gasteiger partial charge in [0.2, 0.25) is 0 Å². The summed E-state index contributed by atoms with van der Waals surface area (Å²) in [5.74, 6) is 0.701. The number of benzene rings is 1. The van der Waals surface area contributed by atoms with Gasteiger partial charge in [0, 0.05) is 28.5 Å². The van der Waals surface area contributed by atoms with E-state index in [1.54, 1.807) is 6.07 Å². The summed E-state index contributed by atoms with van der Waals surface area (Å²) in [4.78, 5) is 14.7. The van der Waals surface area contributed by atoms with E-state index < -0.39 is 0 Å². The second-order valence-electron chi connectivity index (χ2n) is 5.05. The number of nitrogens with zero attached hydrogens (tertiary/aromatic N) is 1. The molecule has 1 aromatic rings. The molecule has 1 aromatic carbocycles. The first kappa shape index (κ1) is 13.9. The van der Waals surface area contributed by atoms with Crippen molar-refractivity contribution < 1.29 is 4.79 Å². The Morgan fingerprint density at radius 3 is 2.78 bits per heavy atom. The smallest absolute Gasteiger partial charge is 0.253 e. The van der Waals surface area contributed by atoms with Crippen LogP contribution >= 0.6 is 27.5 Å². The quantitative estimate of drug-likeness (QED) is 0.715. The number of rotatable bonds is 1. The summed E-state index contributed by atoms with van der Waals surface area (Å²) in [6, 6.07) is 5.51. The molecule has 98 valence electrons. The summed E-state index contributed by atoms with van der Waals surface area (Å²) in [5, 5.41) is 0.624. The van der Waals surface area contributed by atoms with E-state index in [-0.39, 0.29) is 5.91 Å². The van der Waals surface area contributed by atoms with Crippen LogP contribution < -0.4 is 0 Å². The van der Waals surface area contributed by atoms with Crippen molar-refractivity contribution in [1.82, 2.24) is 4.90 Å². The lowest BCUT2D eigenvalue weighted by molar-refractivity contribution is 0.0706. The Kier molecular flexibility index (Phi) is 4.33. The van der Waals surface area contributed by atoms with Gasteiger partial charge in [0.25, 0.3) is 5.91 Å². The zero-order valence-electron chi connectivity index (χ0n) is 10.6. The summed E-state index contributed by atoms with van der Waals surface area (Å²) in [7, 11) is 0. The third-order valence-electron chi connectivity index (χ3n) is 3.44. The molecule has 0 N–H and O–H groups in total. The topological polar surface area (TPSA) is 20.3 Å². The highest BCUT2D eigenvalue weighted by Crippen LogP contribution is 2.25. The molecular weight excluding hydrogens is 314 g/mol. The van der Waals surface area contributed by atoms with Gasteiger partial charge in [0.05, 0.1) is 0 Å². The molecule has 1 aliphatic rings. The Bertz CT molecular complexity index is 443. The fourth-order valence-electron chi connectivity index (χ4n) is 2.25. The van der Waals surface area contributed by atoms with Gasteiger partial charge < -0.3 is 4.90 Å². The molecule has 0 spiro atoms. The minimum Gasteiger partial charge on any atom is -0.338 e. The maximum Gasteiger partial charge on any atom is 0.253 e. The fraction of sp³-hybridized carbons (Fsp3) is 0.500. The summed E-state index contributed by atoms with van der Waals surface area (Å²) in [6.45, 7) is 5.76. The van der Waals surface area contributed by atoms with E-state index >= 15 is 0 Å². The van der Waals surface area contributed by atoms with Gasteiger partial charge in [-0.15, -0.1) is 0 Å². The molecule has 1 aliphatic heterocycles. The van der Waals surface area contributed by atoms with Gasteiger partial charge in [-0.2, -0.15) is 0 Å². The Balaban J connectivity index is 2.16. The summed E-state index contributed by atoms with van der Waals surface area (Å²) >= 11 is 9.65. The molecule has 18 heavy (non-hydrogen) atoms. The van der Waals surface area contributed by atoms with Gasteiger partial charge in [-0.05, 0) is 43.0 Å². The lowest BCUT2D eigenvalue weighted by Crippen LogP contribution is -2.43. The Hall–Kier alpha value is -0.540. The van der Waals surface area contributed by atoms with Crippen molar-refractivity contribution in [3.05, 3.63) is 34.3 Å². The number of hydrogen-bond acceptors (Lipinski definition) is 1. The van der Waals surface area contributed by atoms with Crippen molar-refractivity contribution in [3.63, 3.8) is 0 Å². The van der Waals surface area contributed by atoms with Crippen LogP contribution in [0.5, 0.6) is 0 Å².